The first kappa shape index (κ1) is 21.6. The van der Waals surface area contributed by atoms with Crippen LogP contribution in [0, 0.1) is 5.92 Å². The molecule has 0 saturated carbocycles. The van der Waals surface area contributed by atoms with E-state index in [9.17, 15) is 8.78 Å². The molecular formula is C21H33F2N5O. The summed E-state index contributed by atoms with van der Waals surface area (Å²) in [4.78, 5) is 9.28. The summed E-state index contributed by atoms with van der Waals surface area (Å²) in [5, 5.41) is 6.86. The van der Waals surface area contributed by atoms with Gasteiger partial charge in [-0.2, -0.15) is 8.78 Å². The largest absolute Gasteiger partial charge is 0.433 e. The molecule has 6 nitrogen and oxygen atoms in total. The van der Waals surface area contributed by atoms with Crippen LogP contribution in [0.4, 0.5) is 14.5 Å². The number of nitrogens with one attached hydrogen (secondary N) is 2. The molecule has 162 valence electrons. The maximum Gasteiger partial charge on any atom is 0.387 e. The smallest absolute Gasteiger partial charge is 0.387 e. The minimum Gasteiger partial charge on any atom is -0.433 e. The molecule has 1 aromatic carbocycles. The first-order valence-electron chi connectivity index (χ1n) is 10.6. The van der Waals surface area contributed by atoms with E-state index in [1.54, 1.807) is 12.1 Å². The van der Waals surface area contributed by atoms with E-state index in [0.29, 0.717) is 11.6 Å². The third-order valence-corrected chi connectivity index (χ3v) is 5.52. The second kappa shape index (κ2) is 10.6. The second-order valence-electron chi connectivity index (χ2n) is 7.91. The first-order chi connectivity index (χ1) is 14.0. The number of likely N-dealkylation sites (tertiary alicyclic amines) is 1. The average Bonchev–Trinajstić information content (AvgIpc) is 3.15. The lowest BCUT2D eigenvalue weighted by atomic mass is 9.99. The molecule has 2 atom stereocenters. The highest BCUT2D eigenvalue weighted by Gasteiger charge is 2.26. The van der Waals surface area contributed by atoms with E-state index in [-0.39, 0.29) is 11.8 Å². The second-order valence-corrected chi connectivity index (χ2v) is 7.91. The van der Waals surface area contributed by atoms with Gasteiger partial charge in [-0.1, -0.05) is 12.1 Å². The molecule has 0 aliphatic carbocycles. The number of piperidine rings is 1. The molecule has 8 heteroatoms. The molecule has 29 heavy (non-hydrogen) atoms. The van der Waals surface area contributed by atoms with Crippen LogP contribution in [0.25, 0.3) is 0 Å². The van der Waals surface area contributed by atoms with Crippen LogP contribution in [0.15, 0.2) is 29.3 Å². The SMILES string of the molecule is CCNC(=NCC1CCCN(C)C1)NC1CCN(c2ccccc2OC(F)F)C1. The maximum absolute atomic E-state index is 12.7. The van der Waals surface area contributed by atoms with Crippen LogP contribution in [-0.4, -0.2) is 69.8 Å². The fourth-order valence-electron chi connectivity index (χ4n) is 4.17. The van der Waals surface area contributed by atoms with Crippen molar-refractivity contribution in [3.05, 3.63) is 24.3 Å². The van der Waals surface area contributed by atoms with Crippen molar-refractivity contribution in [2.45, 2.75) is 38.8 Å². The quantitative estimate of drug-likeness (QED) is 0.536. The van der Waals surface area contributed by atoms with Crippen molar-refractivity contribution in [3.63, 3.8) is 0 Å². The Morgan fingerprint density at radius 3 is 2.83 bits per heavy atom. The predicted molar refractivity (Wildman–Crippen MR) is 113 cm³/mol. The van der Waals surface area contributed by atoms with Crippen molar-refractivity contribution < 1.29 is 13.5 Å². The molecule has 1 aromatic rings. The molecular weight excluding hydrogens is 376 g/mol. The van der Waals surface area contributed by atoms with Crippen LogP contribution >= 0.6 is 0 Å². The highest BCUT2D eigenvalue weighted by molar-refractivity contribution is 5.80. The number of hydrogen-bond donors (Lipinski definition) is 2. The summed E-state index contributed by atoms with van der Waals surface area (Å²) in [7, 11) is 2.17. The number of ether oxygens (including phenoxy) is 1. The van der Waals surface area contributed by atoms with Gasteiger partial charge in [0.15, 0.2) is 5.96 Å². The summed E-state index contributed by atoms with van der Waals surface area (Å²) < 4.78 is 30.1. The van der Waals surface area contributed by atoms with Crippen molar-refractivity contribution in [1.82, 2.24) is 15.5 Å². The lowest BCUT2D eigenvalue weighted by molar-refractivity contribution is -0.0495. The van der Waals surface area contributed by atoms with Gasteiger partial charge in [0.1, 0.15) is 5.75 Å². The summed E-state index contributed by atoms with van der Waals surface area (Å²) in [5.41, 5.74) is 0.712. The van der Waals surface area contributed by atoms with E-state index in [2.05, 4.69) is 34.4 Å². The Hall–Kier alpha value is -2.09. The Morgan fingerprint density at radius 1 is 1.24 bits per heavy atom. The van der Waals surface area contributed by atoms with Crippen LogP contribution in [0.2, 0.25) is 0 Å². The van der Waals surface area contributed by atoms with E-state index in [4.69, 9.17) is 9.73 Å². The third-order valence-electron chi connectivity index (χ3n) is 5.52. The van der Waals surface area contributed by atoms with Crippen molar-refractivity contribution in [3.8, 4) is 5.75 Å². The number of para-hydroxylation sites is 2. The number of hydrogen-bond acceptors (Lipinski definition) is 4. The van der Waals surface area contributed by atoms with E-state index < -0.39 is 6.61 Å². The van der Waals surface area contributed by atoms with E-state index in [1.807, 2.05) is 12.1 Å². The number of nitrogens with zero attached hydrogens (tertiary/aromatic N) is 3. The van der Waals surface area contributed by atoms with Crippen molar-refractivity contribution in [2.75, 3.05) is 51.2 Å². The number of benzene rings is 1. The molecule has 0 spiro atoms. The van der Waals surface area contributed by atoms with Gasteiger partial charge < -0.3 is 25.2 Å². The lowest BCUT2D eigenvalue weighted by Gasteiger charge is -2.29. The molecule has 2 fully saturated rings. The van der Waals surface area contributed by atoms with Gasteiger partial charge in [-0.15, -0.1) is 0 Å². The van der Waals surface area contributed by atoms with Gasteiger partial charge >= 0.3 is 6.61 Å². The number of aliphatic imine (C=N–C) groups is 1. The molecule has 2 N–H and O–H groups in total. The Kier molecular flexibility index (Phi) is 7.91. The maximum atomic E-state index is 12.7. The molecule has 3 rings (SSSR count). The number of halogens is 2. The number of rotatable bonds is 7. The zero-order chi connectivity index (χ0) is 20.6. The molecule has 2 unspecified atom stereocenters. The van der Waals surface area contributed by atoms with Crippen LogP contribution < -0.4 is 20.3 Å². The molecule has 2 aliphatic rings. The molecule has 2 aliphatic heterocycles. The van der Waals surface area contributed by atoms with Crippen LogP contribution in [-0.2, 0) is 0 Å². The van der Waals surface area contributed by atoms with Crippen molar-refractivity contribution in [2.24, 2.45) is 10.9 Å². The fourth-order valence-corrected chi connectivity index (χ4v) is 4.17. The van der Waals surface area contributed by atoms with E-state index >= 15 is 0 Å². The number of anilines is 1. The predicted octanol–water partition coefficient (Wildman–Crippen LogP) is 2.76. The van der Waals surface area contributed by atoms with Gasteiger partial charge in [-0.25, -0.2) is 0 Å². The summed E-state index contributed by atoms with van der Waals surface area (Å²) in [6.45, 7) is 4.64. The Labute approximate surface area is 172 Å². The Morgan fingerprint density at radius 2 is 2.07 bits per heavy atom. The summed E-state index contributed by atoms with van der Waals surface area (Å²) >= 11 is 0. The zero-order valence-electron chi connectivity index (χ0n) is 17.4. The molecule has 0 amide bonds. The average molecular weight is 410 g/mol. The Balaban J connectivity index is 1.57. The van der Waals surface area contributed by atoms with Crippen LogP contribution in [0.5, 0.6) is 5.75 Å². The van der Waals surface area contributed by atoms with Crippen LogP contribution in [0.1, 0.15) is 26.2 Å². The van der Waals surface area contributed by atoms with Crippen molar-refractivity contribution >= 4 is 11.6 Å². The van der Waals surface area contributed by atoms with Gasteiger partial charge in [0.25, 0.3) is 0 Å². The van der Waals surface area contributed by atoms with E-state index in [1.165, 1.54) is 19.4 Å². The fraction of sp³-hybridized carbons (Fsp3) is 0.667. The molecule has 0 aromatic heterocycles. The highest BCUT2D eigenvalue weighted by atomic mass is 19.3. The van der Waals surface area contributed by atoms with Crippen LogP contribution in [0.3, 0.4) is 0 Å². The monoisotopic (exact) mass is 409 g/mol. The van der Waals surface area contributed by atoms with Gasteiger partial charge in [-0.05, 0) is 57.8 Å². The molecule has 2 saturated heterocycles. The zero-order valence-corrected chi connectivity index (χ0v) is 17.4. The van der Waals surface area contributed by atoms with Gasteiger partial charge in [0, 0.05) is 38.8 Å². The Bertz CT molecular complexity index is 672. The van der Waals surface area contributed by atoms with Gasteiger partial charge in [0.05, 0.1) is 5.69 Å². The minimum atomic E-state index is -2.82. The molecule has 0 radical (unpaired) electrons. The molecule has 2 heterocycles. The van der Waals surface area contributed by atoms with Gasteiger partial charge in [0.2, 0.25) is 0 Å². The number of guanidine groups is 1. The lowest BCUT2D eigenvalue weighted by Crippen LogP contribution is -2.45. The first-order valence-corrected chi connectivity index (χ1v) is 10.6. The molecule has 0 bridgehead atoms. The summed E-state index contributed by atoms with van der Waals surface area (Å²) in [5.74, 6) is 1.66. The summed E-state index contributed by atoms with van der Waals surface area (Å²) in [6, 6.07) is 7.20. The topological polar surface area (TPSA) is 52.1 Å². The minimum absolute atomic E-state index is 0.210. The third kappa shape index (κ3) is 6.45. The number of alkyl halides is 2. The van der Waals surface area contributed by atoms with Gasteiger partial charge in [-0.3, -0.25) is 4.99 Å². The normalized spacial score (nSPS) is 23.5. The standard InChI is InChI=1S/C21H33F2N5O/c1-3-24-21(25-13-16-7-6-11-27(2)14-16)26-17-10-12-28(15-17)18-8-4-5-9-19(18)29-20(22)23/h4-5,8-9,16-17,20H,3,6-7,10-15H2,1-2H3,(H2,24,25,26). The highest BCUT2D eigenvalue weighted by Crippen LogP contribution is 2.31. The van der Waals surface area contributed by atoms with E-state index in [0.717, 1.165) is 45.1 Å². The summed E-state index contributed by atoms with van der Waals surface area (Å²) in [6.07, 6.45) is 3.38. The van der Waals surface area contributed by atoms with Crippen molar-refractivity contribution in [1.29, 1.82) is 0 Å².